The van der Waals surface area contributed by atoms with Gasteiger partial charge in [0.25, 0.3) is 0 Å². The number of methoxy groups -OCH3 is 1. The average Bonchev–Trinajstić information content (AvgIpc) is 2.29. The average molecular weight is 203 g/mol. The van der Waals surface area contributed by atoms with E-state index in [0.717, 1.165) is 29.7 Å². The topological polar surface area (TPSA) is 53.2 Å². The Hall–Kier alpha value is -1.53. The van der Waals surface area contributed by atoms with Crippen molar-refractivity contribution in [2.75, 3.05) is 7.11 Å². The molecule has 0 bridgehead atoms. The number of ether oxygens (including phenoxy) is 1. The molecule has 0 aliphatic heterocycles. The fourth-order valence-corrected chi connectivity index (χ4v) is 2.09. The first-order chi connectivity index (χ1) is 7.19. The number of aliphatic hydroxyl groups is 1. The van der Waals surface area contributed by atoms with Crippen molar-refractivity contribution < 1.29 is 9.84 Å². The molecule has 0 aromatic heterocycles. The summed E-state index contributed by atoms with van der Waals surface area (Å²) in [5.41, 5.74) is 0.446. The second-order valence-corrected chi connectivity index (χ2v) is 3.85. The number of aryl methyl sites for hydroxylation is 1. The summed E-state index contributed by atoms with van der Waals surface area (Å²) in [6.07, 6.45) is 2.25. The van der Waals surface area contributed by atoms with Crippen molar-refractivity contribution in [2.45, 2.75) is 24.9 Å². The molecule has 1 unspecified atom stereocenters. The van der Waals surface area contributed by atoms with Crippen molar-refractivity contribution in [3.05, 3.63) is 29.3 Å². The number of rotatable bonds is 1. The van der Waals surface area contributed by atoms with Gasteiger partial charge in [0.05, 0.1) is 7.11 Å². The number of hydrogen-bond donors (Lipinski definition) is 1. The number of nitriles is 1. The van der Waals surface area contributed by atoms with Gasteiger partial charge in [-0.1, -0.05) is 6.07 Å². The maximum Gasteiger partial charge on any atom is 0.176 e. The van der Waals surface area contributed by atoms with Gasteiger partial charge in [0.1, 0.15) is 11.8 Å². The smallest absolute Gasteiger partial charge is 0.176 e. The van der Waals surface area contributed by atoms with Crippen LogP contribution in [0.1, 0.15) is 24.0 Å². The van der Waals surface area contributed by atoms with Crippen LogP contribution in [0.4, 0.5) is 0 Å². The van der Waals surface area contributed by atoms with Gasteiger partial charge in [0.2, 0.25) is 0 Å². The van der Waals surface area contributed by atoms with Gasteiger partial charge in [-0.2, -0.15) is 5.26 Å². The summed E-state index contributed by atoms with van der Waals surface area (Å²) in [5.74, 6) is 0.774. The zero-order valence-corrected chi connectivity index (χ0v) is 8.66. The molecule has 0 spiro atoms. The molecular formula is C12H13NO2. The molecule has 1 aromatic carbocycles. The molecule has 0 radical (unpaired) electrons. The summed E-state index contributed by atoms with van der Waals surface area (Å²) >= 11 is 0. The Balaban J connectivity index is 2.51. The number of hydrogen-bond acceptors (Lipinski definition) is 3. The molecular weight excluding hydrogens is 190 g/mol. The molecule has 15 heavy (non-hydrogen) atoms. The van der Waals surface area contributed by atoms with E-state index in [2.05, 4.69) is 0 Å². The molecule has 0 heterocycles. The third kappa shape index (κ3) is 1.57. The van der Waals surface area contributed by atoms with Gasteiger partial charge in [-0.05, 0) is 37.0 Å². The Bertz CT molecular complexity index is 422. The van der Waals surface area contributed by atoms with Crippen LogP contribution < -0.4 is 4.74 Å². The zero-order chi connectivity index (χ0) is 10.9. The van der Waals surface area contributed by atoms with E-state index >= 15 is 0 Å². The Labute approximate surface area is 88.9 Å². The number of fused-ring (bicyclic) bond motifs is 1. The van der Waals surface area contributed by atoms with E-state index in [0.29, 0.717) is 6.42 Å². The van der Waals surface area contributed by atoms with E-state index in [9.17, 15) is 5.11 Å². The van der Waals surface area contributed by atoms with Crippen LogP contribution in [0.3, 0.4) is 0 Å². The van der Waals surface area contributed by atoms with E-state index < -0.39 is 5.60 Å². The van der Waals surface area contributed by atoms with Crippen molar-refractivity contribution in [1.29, 1.82) is 5.26 Å². The molecule has 1 atom stereocenters. The first kappa shape index (κ1) is 10.0. The SMILES string of the molecule is COc1ccc2c(c1)CCCC2(O)C#N. The van der Waals surface area contributed by atoms with Crippen molar-refractivity contribution in [3.63, 3.8) is 0 Å². The summed E-state index contributed by atoms with van der Waals surface area (Å²) < 4.78 is 5.12. The molecule has 3 heteroatoms. The van der Waals surface area contributed by atoms with Crippen LogP contribution in [0.25, 0.3) is 0 Å². The number of benzene rings is 1. The van der Waals surface area contributed by atoms with Crippen LogP contribution in [0.2, 0.25) is 0 Å². The van der Waals surface area contributed by atoms with Crippen molar-refractivity contribution in [3.8, 4) is 11.8 Å². The second-order valence-electron chi connectivity index (χ2n) is 3.85. The highest BCUT2D eigenvalue weighted by Crippen LogP contribution is 2.36. The summed E-state index contributed by atoms with van der Waals surface area (Å²) in [4.78, 5) is 0. The maximum absolute atomic E-state index is 10.1. The van der Waals surface area contributed by atoms with Crippen molar-refractivity contribution in [2.24, 2.45) is 0 Å². The Kier molecular flexibility index (Phi) is 2.37. The fourth-order valence-electron chi connectivity index (χ4n) is 2.09. The van der Waals surface area contributed by atoms with Crippen LogP contribution in [0.5, 0.6) is 5.75 Å². The third-order valence-electron chi connectivity index (χ3n) is 2.93. The minimum absolute atomic E-state index is 0.517. The molecule has 1 N–H and O–H groups in total. The molecule has 0 saturated heterocycles. The van der Waals surface area contributed by atoms with Crippen molar-refractivity contribution in [1.82, 2.24) is 0 Å². The second kappa shape index (κ2) is 3.56. The largest absolute Gasteiger partial charge is 0.497 e. The highest BCUT2D eigenvalue weighted by atomic mass is 16.5. The standard InChI is InChI=1S/C12H13NO2/c1-15-10-4-5-11-9(7-10)3-2-6-12(11,14)8-13/h4-5,7,14H,2-3,6H2,1H3. The Morgan fingerprint density at radius 1 is 1.53 bits per heavy atom. The molecule has 3 nitrogen and oxygen atoms in total. The van der Waals surface area contributed by atoms with Crippen LogP contribution >= 0.6 is 0 Å². The van der Waals surface area contributed by atoms with Crippen LogP contribution in [-0.2, 0) is 12.0 Å². The normalized spacial score (nSPS) is 24.1. The molecule has 1 aliphatic rings. The van der Waals surface area contributed by atoms with E-state index in [1.165, 1.54) is 0 Å². The molecule has 2 rings (SSSR count). The molecule has 0 amide bonds. The molecule has 0 saturated carbocycles. The highest BCUT2D eigenvalue weighted by Gasteiger charge is 2.34. The molecule has 78 valence electrons. The van der Waals surface area contributed by atoms with Gasteiger partial charge in [-0.25, -0.2) is 0 Å². The number of nitrogens with zero attached hydrogens (tertiary/aromatic N) is 1. The molecule has 1 aliphatic carbocycles. The molecule has 1 aromatic rings. The Morgan fingerprint density at radius 3 is 3.00 bits per heavy atom. The van der Waals surface area contributed by atoms with Crippen LogP contribution in [-0.4, -0.2) is 12.2 Å². The summed E-state index contributed by atoms with van der Waals surface area (Å²) in [6.45, 7) is 0. The monoisotopic (exact) mass is 203 g/mol. The van der Waals surface area contributed by atoms with Crippen molar-refractivity contribution >= 4 is 0 Å². The maximum atomic E-state index is 10.1. The molecule has 0 fully saturated rings. The van der Waals surface area contributed by atoms with Crippen LogP contribution in [0, 0.1) is 11.3 Å². The van der Waals surface area contributed by atoms with Gasteiger partial charge in [-0.3, -0.25) is 0 Å². The van der Waals surface area contributed by atoms with Gasteiger partial charge in [0, 0.05) is 5.56 Å². The van der Waals surface area contributed by atoms with Gasteiger partial charge in [0.15, 0.2) is 5.60 Å². The van der Waals surface area contributed by atoms with E-state index in [4.69, 9.17) is 10.00 Å². The van der Waals surface area contributed by atoms with E-state index in [-0.39, 0.29) is 0 Å². The summed E-state index contributed by atoms with van der Waals surface area (Å²) in [7, 11) is 1.61. The minimum atomic E-state index is -1.31. The lowest BCUT2D eigenvalue weighted by molar-refractivity contribution is 0.0780. The lowest BCUT2D eigenvalue weighted by Gasteiger charge is -2.28. The zero-order valence-electron chi connectivity index (χ0n) is 8.66. The first-order valence-electron chi connectivity index (χ1n) is 5.00. The van der Waals surface area contributed by atoms with E-state index in [1.807, 2.05) is 12.1 Å². The highest BCUT2D eigenvalue weighted by molar-refractivity contribution is 5.43. The summed E-state index contributed by atoms with van der Waals surface area (Å²) in [5, 5.41) is 19.1. The lowest BCUT2D eigenvalue weighted by Crippen LogP contribution is -2.28. The predicted octanol–water partition coefficient (Wildman–Crippen LogP) is 1.74. The Morgan fingerprint density at radius 2 is 2.33 bits per heavy atom. The van der Waals surface area contributed by atoms with E-state index in [1.54, 1.807) is 19.2 Å². The lowest BCUT2D eigenvalue weighted by atomic mass is 9.80. The summed E-state index contributed by atoms with van der Waals surface area (Å²) in [6, 6.07) is 7.46. The van der Waals surface area contributed by atoms with Gasteiger partial charge >= 0.3 is 0 Å². The van der Waals surface area contributed by atoms with Gasteiger partial charge < -0.3 is 9.84 Å². The van der Waals surface area contributed by atoms with Crippen LogP contribution in [0.15, 0.2) is 18.2 Å². The minimum Gasteiger partial charge on any atom is -0.497 e. The third-order valence-corrected chi connectivity index (χ3v) is 2.93. The first-order valence-corrected chi connectivity index (χ1v) is 5.00. The van der Waals surface area contributed by atoms with Gasteiger partial charge in [-0.15, -0.1) is 0 Å². The fraction of sp³-hybridized carbons (Fsp3) is 0.417. The quantitative estimate of drug-likeness (QED) is 0.707. The predicted molar refractivity (Wildman–Crippen MR) is 55.4 cm³/mol.